The monoisotopic (exact) mass is 316 g/mol. The number of aryl methyl sites for hydroxylation is 1. The minimum atomic E-state index is -0.190. The van der Waals surface area contributed by atoms with E-state index in [1.54, 1.807) is 24.5 Å². The van der Waals surface area contributed by atoms with Gasteiger partial charge in [-0.2, -0.15) is 0 Å². The van der Waals surface area contributed by atoms with Crippen LogP contribution in [-0.4, -0.2) is 46.3 Å². The van der Waals surface area contributed by atoms with E-state index in [0.29, 0.717) is 37.7 Å². The molecule has 122 valence electrons. The second kappa shape index (κ2) is 7.23. The number of carbonyl (C=O) groups excluding carboxylic acids is 1. The average molecular weight is 316 g/mol. The maximum absolute atomic E-state index is 12.4. The summed E-state index contributed by atoms with van der Waals surface area (Å²) in [6, 6.07) is 3.45. The minimum absolute atomic E-state index is 0.0370. The van der Waals surface area contributed by atoms with Crippen LogP contribution in [-0.2, 0) is 11.3 Å². The lowest BCUT2D eigenvalue weighted by molar-refractivity contribution is 0.0939. The Bertz CT molecular complexity index is 665. The zero-order valence-electron chi connectivity index (χ0n) is 13.1. The van der Waals surface area contributed by atoms with Gasteiger partial charge in [-0.15, -0.1) is 0 Å². The highest BCUT2D eigenvalue weighted by atomic mass is 16.5. The van der Waals surface area contributed by atoms with Crippen LogP contribution in [0.3, 0.4) is 0 Å². The summed E-state index contributed by atoms with van der Waals surface area (Å²) in [5, 5.41) is 2.89. The van der Waals surface area contributed by atoms with Crippen molar-refractivity contribution in [2.45, 2.75) is 26.0 Å². The number of ether oxygens (including phenoxy) is 2. The van der Waals surface area contributed by atoms with E-state index >= 15 is 0 Å². The molecule has 0 aliphatic carbocycles. The van der Waals surface area contributed by atoms with Crippen LogP contribution in [0.1, 0.15) is 22.6 Å². The van der Waals surface area contributed by atoms with Gasteiger partial charge in [0.2, 0.25) is 5.88 Å². The Labute approximate surface area is 134 Å². The van der Waals surface area contributed by atoms with E-state index in [9.17, 15) is 4.79 Å². The highest BCUT2D eigenvalue weighted by Gasteiger charge is 2.21. The molecule has 1 amide bonds. The number of pyridine rings is 1. The van der Waals surface area contributed by atoms with E-state index in [-0.39, 0.29) is 12.0 Å². The van der Waals surface area contributed by atoms with Gasteiger partial charge in [0.15, 0.2) is 0 Å². The van der Waals surface area contributed by atoms with Crippen molar-refractivity contribution in [1.82, 2.24) is 19.9 Å². The molecule has 0 bridgehead atoms. The fourth-order valence-electron chi connectivity index (χ4n) is 2.45. The first kappa shape index (κ1) is 15.5. The summed E-state index contributed by atoms with van der Waals surface area (Å²) < 4.78 is 13.1. The van der Waals surface area contributed by atoms with Gasteiger partial charge >= 0.3 is 0 Å². The second-order valence-corrected chi connectivity index (χ2v) is 5.38. The second-order valence-electron chi connectivity index (χ2n) is 5.38. The first-order valence-electron chi connectivity index (χ1n) is 7.69. The number of aromatic nitrogens is 3. The van der Waals surface area contributed by atoms with E-state index < -0.39 is 0 Å². The van der Waals surface area contributed by atoms with Crippen LogP contribution < -0.4 is 10.1 Å². The molecule has 2 aromatic rings. The Hall–Kier alpha value is -2.41. The topological polar surface area (TPSA) is 78.3 Å². The zero-order chi connectivity index (χ0) is 16.1. The molecule has 23 heavy (non-hydrogen) atoms. The van der Waals surface area contributed by atoms with Gasteiger partial charge in [-0.25, -0.2) is 9.97 Å². The predicted octanol–water partition coefficient (Wildman–Crippen LogP) is 1.18. The third kappa shape index (κ3) is 3.87. The molecule has 7 heteroatoms. The molecule has 1 aliphatic rings. The summed E-state index contributed by atoms with van der Waals surface area (Å²) in [6.45, 7) is 4.33. The predicted molar refractivity (Wildman–Crippen MR) is 83.4 cm³/mol. The van der Waals surface area contributed by atoms with Crippen LogP contribution in [0.5, 0.6) is 5.88 Å². The molecule has 1 unspecified atom stereocenters. The number of hydrogen-bond donors (Lipinski definition) is 1. The van der Waals surface area contributed by atoms with E-state index in [1.807, 2.05) is 17.7 Å². The standard InChI is InChI=1S/C16H20N4O3/c1-12-17-6-8-20(12)9-7-18-15(21)14-3-2-5-19-16(14)23-13-4-10-22-11-13/h2-3,5-6,8,13H,4,7,9-11H2,1H3,(H,18,21). The molecule has 1 saturated heterocycles. The molecule has 1 fully saturated rings. The average Bonchev–Trinajstić information content (AvgIpc) is 3.20. The summed E-state index contributed by atoms with van der Waals surface area (Å²) in [5.74, 6) is 1.09. The van der Waals surface area contributed by atoms with Gasteiger partial charge in [0.25, 0.3) is 5.91 Å². The normalized spacial score (nSPS) is 17.2. The van der Waals surface area contributed by atoms with Gasteiger partial charge in [0.05, 0.1) is 13.2 Å². The van der Waals surface area contributed by atoms with E-state index in [0.717, 1.165) is 12.2 Å². The van der Waals surface area contributed by atoms with E-state index in [1.165, 1.54) is 0 Å². The number of amides is 1. The van der Waals surface area contributed by atoms with Crippen molar-refractivity contribution in [2.75, 3.05) is 19.8 Å². The molecule has 2 aromatic heterocycles. The van der Waals surface area contributed by atoms with Gasteiger partial charge < -0.3 is 19.4 Å². The van der Waals surface area contributed by atoms with Crippen molar-refractivity contribution in [3.63, 3.8) is 0 Å². The molecule has 0 radical (unpaired) electrons. The van der Waals surface area contributed by atoms with Gasteiger partial charge in [0, 0.05) is 38.1 Å². The van der Waals surface area contributed by atoms with Gasteiger partial charge in [-0.3, -0.25) is 4.79 Å². The number of rotatable bonds is 6. The quantitative estimate of drug-likeness (QED) is 0.866. The lowest BCUT2D eigenvalue weighted by Gasteiger charge is -2.14. The molecule has 0 saturated carbocycles. The van der Waals surface area contributed by atoms with E-state index in [2.05, 4.69) is 15.3 Å². The van der Waals surface area contributed by atoms with Crippen LogP contribution in [0, 0.1) is 6.92 Å². The number of carbonyl (C=O) groups is 1. The minimum Gasteiger partial charge on any atom is -0.471 e. The van der Waals surface area contributed by atoms with Crippen molar-refractivity contribution in [2.24, 2.45) is 0 Å². The van der Waals surface area contributed by atoms with Crippen molar-refractivity contribution in [1.29, 1.82) is 0 Å². The number of nitrogens with zero attached hydrogens (tertiary/aromatic N) is 3. The van der Waals surface area contributed by atoms with Crippen LogP contribution in [0.25, 0.3) is 0 Å². The molecule has 0 spiro atoms. The third-order valence-electron chi connectivity index (χ3n) is 3.74. The Morgan fingerprint density at radius 3 is 3.13 bits per heavy atom. The summed E-state index contributed by atoms with van der Waals surface area (Å²) in [7, 11) is 0. The fraction of sp³-hybridized carbons (Fsp3) is 0.438. The van der Waals surface area contributed by atoms with Crippen LogP contribution in [0.2, 0.25) is 0 Å². The summed E-state index contributed by atoms with van der Waals surface area (Å²) >= 11 is 0. The molecule has 1 N–H and O–H groups in total. The summed E-state index contributed by atoms with van der Waals surface area (Å²) in [6.07, 6.45) is 6.03. The summed E-state index contributed by atoms with van der Waals surface area (Å²) in [4.78, 5) is 20.7. The molecule has 3 heterocycles. The molecule has 3 rings (SSSR count). The molecule has 1 aliphatic heterocycles. The Morgan fingerprint density at radius 2 is 2.39 bits per heavy atom. The molecular weight excluding hydrogens is 296 g/mol. The highest BCUT2D eigenvalue weighted by Crippen LogP contribution is 2.19. The molecule has 7 nitrogen and oxygen atoms in total. The fourth-order valence-corrected chi connectivity index (χ4v) is 2.45. The van der Waals surface area contributed by atoms with Crippen LogP contribution in [0.4, 0.5) is 0 Å². The van der Waals surface area contributed by atoms with Crippen LogP contribution in [0.15, 0.2) is 30.7 Å². The Morgan fingerprint density at radius 1 is 1.48 bits per heavy atom. The Balaban J connectivity index is 1.59. The molecule has 0 aromatic carbocycles. The van der Waals surface area contributed by atoms with Gasteiger partial charge in [0.1, 0.15) is 17.5 Å². The SMILES string of the molecule is Cc1nccn1CCNC(=O)c1cccnc1OC1CCOC1. The number of nitrogens with one attached hydrogen (secondary N) is 1. The van der Waals surface area contributed by atoms with E-state index in [4.69, 9.17) is 9.47 Å². The van der Waals surface area contributed by atoms with Crippen molar-refractivity contribution in [3.8, 4) is 5.88 Å². The third-order valence-corrected chi connectivity index (χ3v) is 3.74. The number of hydrogen-bond acceptors (Lipinski definition) is 5. The summed E-state index contributed by atoms with van der Waals surface area (Å²) in [5.41, 5.74) is 0.446. The zero-order valence-corrected chi connectivity index (χ0v) is 13.1. The van der Waals surface area contributed by atoms with Crippen molar-refractivity contribution >= 4 is 5.91 Å². The molecule has 1 atom stereocenters. The first-order valence-corrected chi connectivity index (χ1v) is 7.69. The smallest absolute Gasteiger partial charge is 0.256 e. The van der Waals surface area contributed by atoms with Gasteiger partial charge in [-0.05, 0) is 19.1 Å². The van der Waals surface area contributed by atoms with Crippen LogP contribution >= 0.6 is 0 Å². The van der Waals surface area contributed by atoms with Crippen molar-refractivity contribution in [3.05, 3.63) is 42.1 Å². The van der Waals surface area contributed by atoms with Crippen molar-refractivity contribution < 1.29 is 14.3 Å². The maximum Gasteiger partial charge on any atom is 0.256 e. The van der Waals surface area contributed by atoms with Gasteiger partial charge in [-0.1, -0.05) is 0 Å². The lowest BCUT2D eigenvalue weighted by Crippen LogP contribution is -2.28. The largest absolute Gasteiger partial charge is 0.471 e. The lowest BCUT2D eigenvalue weighted by atomic mass is 10.2. The maximum atomic E-state index is 12.4. The molecular formula is C16H20N4O3. The Kier molecular flexibility index (Phi) is 4.87. The highest BCUT2D eigenvalue weighted by molar-refractivity contribution is 5.96. The number of imidazole rings is 1. The first-order chi connectivity index (χ1) is 11.2.